The molecule has 202 valence electrons. The topological polar surface area (TPSA) is 36.3 Å². The molecule has 5 nitrogen and oxygen atoms in total. The summed E-state index contributed by atoms with van der Waals surface area (Å²) in [5.74, 6) is 1.17. The van der Waals surface area contributed by atoms with Gasteiger partial charge in [0, 0.05) is 37.3 Å². The standard InChI is InChI=1S/C32H43N5S/c1-23(2)33-31(38)35-18-15-32(16-19-35,25-9-5-4-6-10-25)17-20-36-26-13-14-27(36)22-28(21-26)37-24(3)34-29-11-7-8-12-30(29)37/h4-12,23,26-28H,13-22H2,1-3H3,(H,33,38). The smallest absolute Gasteiger partial charge is 0.169 e. The Hall–Kier alpha value is -2.44. The van der Waals surface area contributed by atoms with Crippen molar-refractivity contribution in [3.05, 3.63) is 66.0 Å². The monoisotopic (exact) mass is 529 g/mol. The highest BCUT2D eigenvalue weighted by atomic mass is 32.1. The number of rotatable bonds is 6. The fraction of sp³-hybridized carbons (Fsp3) is 0.562. The fourth-order valence-corrected chi connectivity index (χ4v) is 8.16. The van der Waals surface area contributed by atoms with Crippen LogP contribution in [0.1, 0.15) is 76.2 Å². The fourth-order valence-electron chi connectivity index (χ4n) is 7.74. The van der Waals surface area contributed by atoms with Crippen LogP contribution in [-0.2, 0) is 5.41 Å². The zero-order valence-corrected chi connectivity index (χ0v) is 24.1. The zero-order valence-electron chi connectivity index (χ0n) is 23.3. The van der Waals surface area contributed by atoms with Gasteiger partial charge in [0.05, 0.1) is 11.0 Å². The number of imidazole rings is 1. The molecular weight excluding hydrogens is 486 g/mol. The lowest BCUT2D eigenvalue weighted by Gasteiger charge is -2.46. The molecule has 3 aliphatic rings. The van der Waals surface area contributed by atoms with Crippen LogP contribution in [0.5, 0.6) is 0 Å². The molecule has 38 heavy (non-hydrogen) atoms. The Morgan fingerprint density at radius 3 is 2.32 bits per heavy atom. The van der Waals surface area contributed by atoms with Gasteiger partial charge in [-0.05, 0) is 108 Å². The van der Waals surface area contributed by atoms with Crippen LogP contribution in [0.25, 0.3) is 11.0 Å². The first-order valence-electron chi connectivity index (χ1n) is 14.7. The Kier molecular flexibility index (Phi) is 7.21. The average molecular weight is 530 g/mol. The van der Waals surface area contributed by atoms with Crippen molar-refractivity contribution in [1.29, 1.82) is 0 Å². The molecule has 2 aromatic carbocycles. The van der Waals surface area contributed by atoms with Gasteiger partial charge < -0.3 is 14.8 Å². The largest absolute Gasteiger partial charge is 0.360 e. The molecule has 1 N–H and O–H groups in total. The first-order chi connectivity index (χ1) is 18.4. The number of aromatic nitrogens is 2. The van der Waals surface area contributed by atoms with Crippen LogP contribution in [0, 0.1) is 6.92 Å². The highest BCUT2D eigenvalue weighted by Gasteiger charge is 2.44. The molecule has 6 rings (SSSR count). The van der Waals surface area contributed by atoms with Crippen LogP contribution in [0.15, 0.2) is 54.6 Å². The summed E-state index contributed by atoms with van der Waals surface area (Å²) in [7, 11) is 0. The third-order valence-corrected chi connectivity index (χ3v) is 10.0. The second-order valence-electron chi connectivity index (χ2n) is 12.3. The van der Waals surface area contributed by atoms with Crippen molar-refractivity contribution in [2.75, 3.05) is 19.6 Å². The first kappa shape index (κ1) is 25.8. The summed E-state index contributed by atoms with van der Waals surface area (Å²) in [5, 5.41) is 4.38. The van der Waals surface area contributed by atoms with Crippen LogP contribution in [0.4, 0.5) is 0 Å². The van der Waals surface area contributed by atoms with E-state index in [2.05, 4.69) is 95.1 Å². The minimum absolute atomic E-state index is 0.235. The molecule has 0 amide bonds. The van der Waals surface area contributed by atoms with Crippen molar-refractivity contribution >= 4 is 28.4 Å². The Bertz CT molecular complexity index is 1250. The van der Waals surface area contributed by atoms with Gasteiger partial charge in [-0.3, -0.25) is 4.90 Å². The van der Waals surface area contributed by atoms with Gasteiger partial charge in [0.2, 0.25) is 0 Å². The lowest BCUT2D eigenvalue weighted by atomic mass is 9.70. The van der Waals surface area contributed by atoms with E-state index in [0.29, 0.717) is 24.2 Å². The number of hydrogen-bond acceptors (Lipinski definition) is 3. The van der Waals surface area contributed by atoms with Gasteiger partial charge >= 0.3 is 0 Å². The Morgan fingerprint density at radius 1 is 0.974 bits per heavy atom. The second kappa shape index (κ2) is 10.6. The normalized spacial score (nSPS) is 25.3. The van der Waals surface area contributed by atoms with E-state index in [0.717, 1.165) is 23.7 Å². The van der Waals surface area contributed by atoms with E-state index in [1.54, 1.807) is 0 Å². The molecule has 0 saturated carbocycles. The van der Waals surface area contributed by atoms with Gasteiger partial charge in [-0.2, -0.15) is 0 Å². The number of fused-ring (bicyclic) bond motifs is 3. The SMILES string of the molecule is Cc1nc2ccccc2n1C1CC2CCC(C1)N2CCC1(c2ccccc2)CCN(C(=S)NC(C)C)CC1. The van der Waals surface area contributed by atoms with Gasteiger partial charge in [0.15, 0.2) is 5.11 Å². The molecule has 0 aliphatic carbocycles. The lowest BCUT2D eigenvalue weighted by molar-refractivity contribution is 0.0887. The first-order valence-corrected chi connectivity index (χ1v) is 15.1. The predicted octanol–water partition coefficient (Wildman–Crippen LogP) is 6.22. The molecule has 0 radical (unpaired) electrons. The number of benzene rings is 2. The second-order valence-corrected chi connectivity index (χ2v) is 12.6. The van der Waals surface area contributed by atoms with Crippen LogP contribution < -0.4 is 5.32 Å². The number of nitrogens with one attached hydrogen (secondary N) is 1. The van der Waals surface area contributed by atoms with E-state index < -0.39 is 0 Å². The summed E-state index contributed by atoms with van der Waals surface area (Å²) >= 11 is 5.73. The summed E-state index contributed by atoms with van der Waals surface area (Å²) in [4.78, 5) is 10.2. The van der Waals surface area contributed by atoms with E-state index in [-0.39, 0.29) is 5.41 Å². The summed E-state index contributed by atoms with van der Waals surface area (Å²) in [6.45, 7) is 9.80. The molecular formula is C32H43N5S. The van der Waals surface area contributed by atoms with Gasteiger partial charge in [-0.15, -0.1) is 0 Å². The maximum atomic E-state index is 5.73. The molecule has 0 spiro atoms. The van der Waals surface area contributed by atoms with Crippen molar-refractivity contribution in [1.82, 2.24) is 24.7 Å². The van der Waals surface area contributed by atoms with Crippen LogP contribution in [-0.4, -0.2) is 62.2 Å². The Morgan fingerprint density at radius 2 is 1.63 bits per heavy atom. The molecule has 3 fully saturated rings. The van der Waals surface area contributed by atoms with Crippen LogP contribution >= 0.6 is 12.2 Å². The van der Waals surface area contributed by atoms with E-state index in [9.17, 15) is 0 Å². The number of aryl methyl sites for hydroxylation is 1. The van der Waals surface area contributed by atoms with Gasteiger partial charge in [-0.25, -0.2) is 4.98 Å². The van der Waals surface area contributed by atoms with Gasteiger partial charge in [0.25, 0.3) is 0 Å². The van der Waals surface area contributed by atoms with Gasteiger partial charge in [0.1, 0.15) is 5.82 Å². The Labute approximate surface area is 233 Å². The van der Waals surface area contributed by atoms with Crippen molar-refractivity contribution in [2.24, 2.45) is 0 Å². The van der Waals surface area contributed by atoms with Gasteiger partial charge in [-0.1, -0.05) is 42.5 Å². The molecule has 1 aromatic heterocycles. The molecule has 4 heterocycles. The maximum Gasteiger partial charge on any atom is 0.169 e. The quantitative estimate of drug-likeness (QED) is 0.384. The van der Waals surface area contributed by atoms with Crippen molar-refractivity contribution in [2.45, 2.75) is 95.3 Å². The van der Waals surface area contributed by atoms with Crippen LogP contribution in [0.2, 0.25) is 0 Å². The number of nitrogens with zero attached hydrogens (tertiary/aromatic N) is 4. The highest BCUT2D eigenvalue weighted by molar-refractivity contribution is 7.80. The summed E-state index contributed by atoms with van der Waals surface area (Å²) in [5.41, 5.74) is 4.20. The number of piperidine rings is 2. The molecule has 2 bridgehead atoms. The third-order valence-electron chi connectivity index (χ3n) is 9.65. The average Bonchev–Trinajstić information content (AvgIpc) is 3.38. The lowest BCUT2D eigenvalue weighted by Crippen LogP contribution is -2.51. The number of likely N-dealkylation sites (tertiary alicyclic amines) is 1. The number of hydrogen-bond donors (Lipinski definition) is 1. The number of thiocarbonyl (C=S) groups is 1. The molecule has 3 saturated heterocycles. The van der Waals surface area contributed by atoms with E-state index in [1.165, 1.54) is 68.4 Å². The van der Waals surface area contributed by atoms with E-state index in [4.69, 9.17) is 17.2 Å². The van der Waals surface area contributed by atoms with Crippen molar-refractivity contribution < 1.29 is 0 Å². The molecule has 2 atom stereocenters. The third kappa shape index (κ3) is 4.86. The molecule has 6 heteroatoms. The summed E-state index contributed by atoms with van der Waals surface area (Å²) in [6, 6.07) is 22.3. The van der Waals surface area contributed by atoms with Crippen molar-refractivity contribution in [3.8, 4) is 0 Å². The van der Waals surface area contributed by atoms with Crippen molar-refractivity contribution in [3.63, 3.8) is 0 Å². The van der Waals surface area contributed by atoms with E-state index in [1.807, 2.05) is 0 Å². The van der Waals surface area contributed by atoms with E-state index >= 15 is 0 Å². The molecule has 3 aromatic rings. The summed E-state index contributed by atoms with van der Waals surface area (Å²) in [6.07, 6.45) is 8.76. The van der Waals surface area contributed by atoms with Crippen LogP contribution in [0.3, 0.4) is 0 Å². The summed E-state index contributed by atoms with van der Waals surface area (Å²) < 4.78 is 2.55. The molecule has 2 unspecified atom stereocenters. The minimum Gasteiger partial charge on any atom is -0.360 e. The zero-order chi connectivity index (χ0) is 26.3. The predicted molar refractivity (Wildman–Crippen MR) is 161 cm³/mol. The number of para-hydroxylation sites is 2. The maximum absolute atomic E-state index is 5.73. The highest BCUT2D eigenvalue weighted by Crippen LogP contribution is 2.45. The Balaban J connectivity index is 1.16. The molecule has 3 aliphatic heterocycles. The minimum atomic E-state index is 0.235.